The minimum absolute atomic E-state index is 0.214. The number of carboxylic acid groups (broad SMARTS) is 1. The van der Waals surface area contributed by atoms with Crippen molar-refractivity contribution in [3.63, 3.8) is 0 Å². The second-order valence-corrected chi connectivity index (χ2v) is 8.52. The fraction of sp³-hybridized carbons (Fsp3) is 0.217. The van der Waals surface area contributed by atoms with Gasteiger partial charge in [-0.15, -0.1) is 0 Å². The molecule has 1 amide bonds. The summed E-state index contributed by atoms with van der Waals surface area (Å²) < 4.78 is 1.49. The number of carboxylic acids is 1. The molecular formula is C23H22N3O5S+. The van der Waals surface area contributed by atoms with Gasteiger partial charge in [0.1, 0.15) is 17.9 Å². The zero-order valence-electron chi connectivity index (χ0n) is 17.3. The Morgan fingerprint density at radius 1 is 1.19 bits per heavy atom. The number of nitrogens with one attached hydrogen (secondary N) is 2. The number of aromatic amines is 1. The van der Waals surface area contributed by atoms with Crippen LogP contribution in [0, 0.1) is 6.92 Å². The van der Waals surface area contributed by atoms with Gasteiger partial charge in [-0.3, -0.25) is 14.4 Å². The van der Waals surface area contributed by atoms with E-state index in [-0.39, 0.29) is 12.3 Å². The zero-order valence-corrected chi connectivity index (χ0v) is 18.2. The molecule has 0 fully saturated rings. The maximum atomic E-state index is 13.1. The molecule has 2 aromatic heterocycles. The molecule has 164 valence electrons. The highest BCUT2D eigenvalue weighted by molar-refractivity contribution is 7.98. The van der Waals surface area contributed by atoms with Gasteiger partial charge in [0.05, 0.1) is 6.54 Å². The van der Waals surface area contributed by atoms with Crippen LogP contribution in [0.2, 0.25) is 0 Å². The number of nitrogens with zero attached hydrogens (tertiary/aromatic N) is 1. The molecule has 1 aliphatic heterocycles. The number of aryl methyl sites for hydroxylation is 1. The SMILES string of the molecule is Cc1ccccc1-c1ccc(Cn2c3c(c(O)c(C(=O)NCC(=O)O)c2=O)CSC3)c[nH+]1. The van der Waals surface area contributed by atoms with Crippen LogP contribution >= 0.6 is 11.8 Å². The monoisotopic (exact) mass is 452 g/mol. The highest BCUT2D eigenvalue weighted by atomic mass is 32.2. The van der Waals surface area contributed by atoms with Gasteiger partial charge in [0, 0.05) is 40.0 Å². The van der Waals surface area contributed by atoms with Crippen molar-refractivity contribution < 1.29 is 24.8 Å². The minimum Gasteiger partial charge on any atom is -0.507 e. The minimum atomic E-state index is -1.24. The normalized spacial score (nSPS) is 12.4. The molecular weight excluding hydrogens is 430 g/mol. The Labute approximate surface area is 187 Å². The van der Waals surface area contributed by atoms with Crippen molar-refractivity contribution in [2.75, 3.05) is 6.54 Å². The maximum Gasteiger partial charge on any atom is 0.322 e. The molecule has 0 unspecified atom stereocenters. The van der Waals surface area contributed by atoms with Crippen LogP contribution in [0.5, 0.6) is 5.75 Å². The van der Waals surface area contributed by atoms with Crippen LogP contribution in [0.3, 0.4) is 0 Å². The Bertz CT molecular complexity index is 1270. The molecule has 32 heavy (non-hydrogen) atoms. The summed E-state index contributed by atoms with van der Waals surface area (Å²) in [4.78, 5) is 39.7. The third-order valence-corrected chi connectivity index (χ3v) is 6.39. The summed E-state index contributed by atoms with van der Waals surface area (Å²) in [7, 11) is 0. The maximum absolute atomic E-state index is 13.1. The molecule has 0 saturated carbocycles. The Morgan fingerprint density at radius 2 is 1.97 bits per heavy atom. The topological polar surface area (TPSA) is 123 Å². The van der Waals surface area contributed by atoms with E-state index in [1.165, 1.54) is 16.3 Å². The number of aliphatic carboxylic acids is 1. The van der Waals surface area contributed by atoms with E-state index >= 15 is 0 Å². The van der Waals surface area contributed by atoms with Crippen molar-refractivity contribution in [2.45, 2.75) is 25.0 Å². The average molecular weight is 453 g/mol. The van der Waals surface area contributed by atoms with Crippen molar-refractivity contribution in [1.29, 1.82) is 0 Å². The number of pyridine rings is 2. The van der Waals surface area contributed by atoms with Crippen LogP contribution < -0.4 is 15.9 Å². The third kappa shape index (κ3) is 4.11. The number of rotatable bonds is 6. The highest BCUT2D eigenvalue weighted by Crippen LogP contribution is 2.36. The average Bonchev–Trinajstić information content (AvgIpc) is 3.26. The Hall–Kier alpha value is -3.59. The Morgan fingerprint density at radius 3 is 2.66 bits per heavy atom. The van der Waals surface area contributed by atoms with E-state index in [1.54, 1.807) is 0 Å². The number of benzene rings is 1. The summed E-state index contributed by atoms with van der Waals surface area (Å²) in [6.07, 6.45) is 1.82. The number of aromatic hydroxyl groups is 1. The number of carbonyl (C=O) groups excluding carboxylic acids is 1. The summed E-state index contributed by atoms with van der Waals surface area (Å²) in [6.45, 7) is 1.61. The fourth-order valence-electron chi connectivity index (χ4n) is 3.77. The van der Waals surface area contributed by atoms with Gasteiger partial charge >= 0.3 is 5.97 Å². The van der Waals surface area contributed by atoms with E-state index in [2.05, 4.69) is 10.3 Å². The van der Waals surface area contributed by atoms with Crippen LogP contribution in [0.15, 0.2) is 47.4 Å². The predicted molar refractivity (Wildman–Crippen MR) is 120 cm³/mol. The lowest BCUT2D eigenvalue weighted by Crippen LogP contribution is -2.37. The van der Waals surface area contributed by atoms with Crippen LogP contribution in [0.25, 0.3) is 11.3 Å². The summed E-state index contributed by atoms with van der Waals surface area (Å²) in [6, 6.07) is 11.9. The smallest absolute Gasteiger partial charge is 0.322 e. The van der Waals surface area contributed by atoms with E-state index < -0.39 is 29.5 Å². The van der Waals surface area contributed by atoms with Gasteiger partial charge in [-0.1, -0.05) is 18.2 Å². The lowest BCUT2D eigenvalue weighted by molar-refractivity contribution is -0.365. The largest absolute Gasteiger partial charge is 0.507 e. The molecule has 8 nitrogen and oxygen atoms in total. The number of H-pyrrole nitrogens is 1. The van der Waals surface area contributed by atoms with E-state index in [1.807, 2.05) is 49.5 Å². The van der Waals surface area contributed by atoms with Gasteiger partial charge in [-0.2, -0.15) is 11.8 Å². The number of hydrogen-bond donors (Lipinski definition) is 3. The number of thioether (sulfide) groups is 1. The van der Waals surface area contributed by atoms with Crippen molar-refractivity contribution >= 4 is 23.6 Å². The number of aromatic nitrogens is 2. The molecule has 0 radical (unpaired) electrons. The van der Waals surface area contributed by atoms with Crippen LogP contribution in [0.1, 0.15) is 32.7 Å². The first-order chi connectivity index (χ1) is 15.4. The molecule has 4 N–H and O–H groups in total. The zero-order chi connectivity index (χ0) is 22.8. The van der Waals surface area contributed by atoms with Gasteiger partial charge in [-0.25, -0.2) is 4.98 Å². The summed E-state index contributed by atoms with van der Waals surface area (Å²) in [5.41, 5.74) is 4.13. The Balaban J connectivity index is 1.70. The second kappa shape index (κ2) is 8.88. The molecule has 0 saturated heterocycles. The molecule has 3 aromatic rings. The number of amides is 1. The summed E-state index contributed by atoms with van der Waals surface area (Å²) in [5.74, 6) is -1.49. The van der Waals surface area contributed by atoms with Crippen LogP contribution in [-0.2, 0) is 22.8 Å². The number of carbonyl (C=O) groups is 2. The molecule has 1 aliphatic rings. The first-order valence-electron chi connectivity index (χ1n) is 9.98. The standard InChI is InChI=1S/C23H21N3O5S/c1-13-4-2-3-5-15(13)17-7-6-14(8-24-17)10-26-18-12-32-11-16(18)21(29)20(23(26)31)22(30)25-9-19(27)28/h2-8,29H,9-12H2,1H3,(H,25,30)(H,27,28)/p+1. The fourth-order valence-corrected chi connectivity index (χ4v) is 4.91. The van der Waals surface area contributed by atoms with E-state index in [0.717, 1.165) is 22.4 Å². The van der Waals surface area contributed by atoms with E-state index in [4.69, 9.17) is 5.11 Å². The molecule has 0 bridgehead atoms. The van der Waals surface area contributed by atoms with E-state index in [9.17, 15) is 19.5 Å². The first-order valence-corrected chi connectivity index (χ1v) is 11.1. The molecule has 1 aromatic carbocycles. The van der Waals surface area contributed by atoms with Crippen molar-refractivity contribution in [2.24, 2.45) is 0 Å². The van der Waals surface area contributed by atoms with Gasteiger partial charge in [-0.05, 0) is 24.6 Å². The van der Waals surface area contributed by atoms with Gasteiger partial charge in [0.25, 0.3) is 11.5 Å². The first kappa shape index (κ1) is 21.6. The summed E-state index contributed by atoms with van der Waals surface area (Å²) in [5, 5.41) is 21.5. The highest BCUT2D eigenvalue weighted by Gasteiger charge is 2.29. The molecule has 0 aliphatic carbocycles. The van der Waals surface area contributed by atoms with Gasteiger partial charge in [0.15, 0.2) is 6.20 Å². The van der Waals surface area contributed by atoms with Gasteiger partial charge in [0.2, 0.25) is 5.69 Å². The van der Waals surface area contributed by atoms with Gasteiger partial charge < -0.3 is 20.1 Å². The van der Waals surface area contributed by atoms with Crippen LogP contribution in [0.4, 0.5) is 0 Å². The third-order valence-electron chi connectivity index (χ3n) is 5.42. The van der Waals surface area contributed by atoms with Crippen LogP contribution in [-0.4, -0.2) is 33.2 Å². The summed E-state index contributed by atoms with van der Waals surface area (Å²) >= 11 is 1.54. The molecule has 0 atom stereocenters. The van der Waals surface area contributed by atoms with Crippen molar-refractivity contribution in [1.82, 2.24) is 9.88 Å². The lowest BCUT2D eigenvalue weighted by atomic mass is 10.0. The van der Waals surface area contributed by atoms with Crippen molar-refractivity contribution in [3.8, 4) is 17.0 Å². The molecule has 3 heterocycles. The second-order valence-electron chi connectivity index (χ2n) is 7.53. The molecule has 4 rings (SSSR count). The number of fused-ring (bicyclic) bond motifs is 1. The quantitative estimate of drug-likeness (QED) is 0.525. The van der Waals surface area contributed by atoms with E-state index in [0.29, 0.717) is 22.8 Å². The molecule has 0 spiro atoms. The number of hydrogen-bond acceptors (Lipinski definition) is 5. The van der Waals surface area contributed by atoms with Crippen molar-refractivity contribution in [3.05, 3.63) is 80.9 Å². The Kier molecular flexibility index (Phi) is 6.00. The predicted octanol–water partition coefficient (Wildman–Crippen LogP) is 1.95. The lowest BCUT2D eigenvalue weighted by Gasteiger charge is -2.15. The molecule has 9 heteroatoms.